The Morgan fingerprint density at radius 2 is 1.96 bits per heavy atom. The van der Waals surface area contributed by atoms with Crippen molar-refractivity contribution in [2.24, 2.45) is 0 Å². The molecule has 0 fully saturated rings. The average molecular weight is 399 g/mol. The molecule has 1 atom stereocenters. The molecule has 1 N–H and O–H groups in total. The molecule has 0 spiro atoms. The summed E-state index contributed by atoms with van der Waals surface area (Å²) < 4.78 is 11.3. The normalized spacial score (nSPS) is 13.9. The number of carbonyl (C=O) groups is 1. The maximum absolute atomic E-state index is 12.4. The molecule has 0 radical (unpaired) electrons. The number of amides is 1. The van der Waals surface area contributed by atoms with Crippen LogP contribution in [0.1, 0.15) is 24.1 Å². The summed E-state index contributed by atoms with van der Waals surface area (Å²) in [4.78, 5) is 12.4. The van der Waals surface area contributed by atoms with E-state index in [1.165, 1.54) is 6.08 Å². The van der Waals surface area contributed by atoms with Crippen molar-refractivity contribution in [3.05, 3.63) is 63.6 Å². The van der Waals surface area contributed by atoms with Crippen LogP contribution in [-0.2, 0) is 4.79 Å². The fourth-order valence-corrected chi connectivity index (χ4v) is 2.88. The highest BCUT2D eigenvalue weighted by Crippen LogP contribution is 2.37. The molecular formula is C19H15BrN2O3. The molecule has 6 heteroatoms. The van der Waals surface area contributed by atoms with Gasteiger partial charge in [0.1, 0.15) is 11.6 Å². The highest BCUT2D eigenvalue weighted by atomic mass is 79.9. The average Bonchev–Trinajstić information content (AvgIpc) is 3.07. The van der Waals surface area contributed by atoms with Crippen molar-refractivity contribution >= 4 is 27.9 Å². The Hall–Kier alpha value is -2.78. The Kier molecular flexibility index (Phi) is 5.05. The molecule has 0 aliphatic carbocycles. The first kappa shape index (κ1) is 17.1. The second-order valence-electron chi connectivity index (χ2n) is 5.50. The van der Waals surface area contributed by atoms with Crippen molar-refractivity contribution in [1.82, 2.24) is 5.32 Å². The lowest BCUT2D eigenvalue weighted by Crippen LogP contribution is -2.27. The minimum atomic E-state index is -0.427. The number of fused-ring (bicyclic) bond motifs is 1. The van der Waals surface area contributed by atoms with Crippen LogP contribution in [0.15, 0.2) is 52.5 Å². The number of hydrogen-bond donors (Lipinski definition) is 1. The number of nitriles is 1. The van der Waals surface area contributed by atoms with E-state index in [2.05, 4.69) is 21.2 Å². The quantitative estimate of drug-likeness (QED) is 0.624. The summed E-state index contributed by atoms with van der Waals surface area (Å²) in [5, 5.41) is 12.2. The largest absolute Gasteiger partial charge is 0.454 e. The predicted octanol–water partition coefficient (Wildman–Crippen LogP) is 3.96. The van der Waals surface area contributed by atoms with Gasteiger partial charge >= 0.3 is 0 Å². The molecule has 25 heavy (non-hydrogen) atoms. The Labute approximate surface area is 154 Å². The molecule has 3 rings (SSSR count). The predicted molar refractivity (Wildman–Crippen MR) is 96.9 cm³/mol. The summed E-state index contributed by atoms with van der Waals surface area (Å²) in [6, 6.07) is 14.8. The summed E-state index contributed by atoms with van der Waals surface area (Å²) in [5.74, 6) is 0.790. The molecule has 0 bridgehead atoms. The van der Waals surface area contributed by atoms with Gasteiger partial charge in [-0.2, -0.15) is 5.26 Å². The van der Waals surface area contributed by atoms with Gasteiger partial charge in [-0.25, -0.2) is 0 Å². The summed E-state index contributed by atoms with van der Waals surface area (Å²) in [5.41, 5.74) is 1.66. The summed E-state index contributed by atoms with van der Waals surface area (Å²) >= 11 is 3.42. The first-order valence-corrected chi connectivity index (χ1v) is 8.44. The van der Waals surface area contributed by atoms with Crippen LogP contribution in [0.2, 0.25) is 0 Å². The maximum Gasteiger partial charge on any atom is 0.262 e. The van der Waals surface area contributed by atoms with E-state index in [0.717, 1.165) is 5.56 Å². The molecule has 1 aliphatic heterocycles. The van der Waals surface area contributed by atoms with Crippen molar-refractivity contribution in [3.63, 3.8) is 0 Å². The zero-order valence-corrected chi connectivity index (χ0v) is 15.0. The van der Waals surface area contributed by atoms with E-state index < -0.39 is 5.91 Å². The number of benzene rings is 2. The molecule has 2 aromatic carbocycles. The van der Waals surface area contributed by atoms with Crippen LogP contribution in [0.3, 0.4) is 0 Å². The van der Waals surface area contributed by atoms with Gasteiger partial charge in [-0.15, -0.1) is 0 Å². The van der Waals surface area contributed by atoms with Crippen molar-refractivity contribution in [2.75, 3.05) is 6.79 Å². The van der Waals surface area contributed by atoms with Gasteiger partial charge in [0.25, 0.3) is 5.91 Å². The van der Waals surface area contributed by atoms with E-state index in [1.807, 2.05) is 43.3 Å². The van der Waals surface area contributed by atoms with Gasteiger partial charge in [-0.1, -0.05) is 46.3 Å². The van der Waals surface area contributed by atoms with E-state index in [1.54, 1.807) is 12.1 Å². The van der Waals surface area contributed by atoms with E-state index in [9.17, 15) is 10.1 Å². The van der Waals surface area contributed by atoms with Crippen LogP contribution in [0, 0.1) is 11.3 Å². The SMILES string of the molecule is C[C@H](NC(=O)/C(C#N)=C/c1cc2c(cc1Br)OCO2)c1ccccc1. The lowest BCUT2D eigenvalue weighted by atomic mass is 10.1. The molecule has 5 nitrogen and oxygen atoms in total. The highest BCUT2D eigenvalue weighted by molar-refractivity contribution is 9.10. The van der Waals surface area contributed by atoms with Crippen LogP contribution in [0.5, 0.6) is 11.5 Å². The molecule has 0 saturated heterocycles. The first-order valence-electron chi connectivity index (χ1n) is 7.65. The Bertz CT molecular complexity index is 872. The van der Waals surface area contributed by atoms with E-state index in [4.69, 9.17) is 9.47 Å². The molecule has 1 amide bonds. The smallest absolute Gasteiger partial charge is 0.262 e. The van der Waals surface area contributed by atoms with Gasteiger partial charge in [-0.3, -0.25) is 4.79 Å². The van der Waals surface area contributed by atoms with E-state index in [-0.39, 0.29) is 18.4 Å². The molecule has 1 heterocycles. The number of nitrogens with zero attached hydrogens (tertiary/aromatic N) is 1. The minimum absolute atomic E-state index is 0.0161. The van der Waals surface area contributed by atoms with Crippen molar-refractivity contribution in [1.29, 1.82) is 5.26 Å². The van der Waals surface area contributed by atoms with Gasteiger partial charge in [0.15, 0.2) is 11.5 Å². The highest BCUT2D eigenvalue weighted by Gasteiger charge is 2.18. The number of halogens is 1. The van der Waals surface area contributed by atoms with Crippen molar-refractivity contribution in [3.8, 4) is 17.6 Å². The van der Waals surface area contributed by atoms with Gasteiger partial charge in [0.05, 0.1) is 6.04 Å². The zero-order valence-electron chi connectivity index (χ0n) is 13.5. The van der Waals surface area contributed by atoms with Crippen molar-refractivity contribution < 1.29 is 14.3 Å². The summed E-state index contributed by atoms with van der Waals surface area (Å²) in [7, 11) is 0. The molecule has 0 aromatic heterocycles. The molecular weight excluding hydrogens is 384 g/mol. The fraction of sp³-hybridized carbons (Fsp3) is 0.158. The van der Waals surface area contributed by atoms with Crippen molar-refractivity contribution in [2.45, 2.75) is 13.0 Å². The number of nitrogens with one attached hydrogen (secondary N) is 1. The topological polar surface area (TPSA) is 71.4 Å². The van der Waals surface area contributed by atoms with Crippen LogP contribution in [0.25, 0.3) is 6.08 Å². The number of rotatable bonds is 4. The first-order chi connectivity index (χ1) is 12.1. The monoisotopic (exact) mass is 398 g/mol. The molecule has 0 saturated carbocycles. The van der Waals surface area contributed by atoms with E-state index >= 15 is 0 Å². The summed E-state index contributed by atoms with van der Waals surface area (Å²) in [6.07, 6.45) is 1.53. The standard InChI is InChI=1S/C19H15BrN2O3/c1-12(13-5-3-2-4-6-13)22-19(23)15(10-21)7-14-8-17-18(9-16(14)20)25-11-24-17/h2-9,12H,11H2,1H3,(H,22,23)/b15-7+/t12-/m0/s1. The van der Waals surface area contributed by atoms with E-state index in [0.29, 0.717) is 21.5 Å². The number of hydrogen-bond acceptors (Lipinski definition) is 4. The number of carbonyl (C=O) groups excluding carboxylic acids is 1. The third kappa shape index (κ3) is 3.83. The second-order valence-corrected chi connectivity index (χ2v) is 6.36. The Morgan fingerprint density at radius 3 is 2.64 bits per heavy atom. The van der Waals surface area contributed by atoms with Crippen LogP contribution >= 0.6 is 15.9 Å². The van der Waals surface area contributed by atoms with Crippen LogP contribution in [-0.4, -0.2) is 12.7 Å². The molecule has 0 unspecified atom stereocenters. The fourth-order valence-electron chi connectivity index (χ4n) is 2.45. The molecule has 2 aromatic rings. The number of ether oxygens (including phenoxy) is 2. The Morgan fingerprint density at radius 1 is 1.28 bits per heavy atom. The molecule has 1 aliphatic rings. The Balaban J connectivity index is 1.81. The zero-order chi connectivity index (χ0) is 17.8. The molecule has 126 valence electrons. The third-order valence-electron chi connectivity index (χ3n) is 3.80. The minimum Gasteiger partial charge on any atom is -0.454 e. The maximum atomic E-state index is 12.4. The van der Waals surface area contributed by atoms with Gasteiger partial charge in [0.2, 0.25) is 6.79 Å². The van der Waals surface area contributed by atoms with Crippen LogP contribution < -0.4 is 14.8 Å². The van der Waals surface area contributed by atoms with Gasteiger partial charge in [0, 0.05) is 4.47 Å². The summed E-state index contributed by atoms with van der Waals surface area (Å²) in [6.45, 7) is 2.04. The van der Waals surface area contributed by atoms with Crippen LogP contribution in [0.4, 0.5) is 0 Å². The van der Waals surface area contributed by atoms with Gasteiger partial charge in [-0.05, 0) is 36.3 Å². The second kappa shape index (κ2) is 7.41. The lowest BCUT2D eigenvalue weighted by Gasteiger charge is -2.14. The third-order valence-corrected chi connectivity index (χ3v) is 4.49. The van der Waals surface area contributed by atoms with Gasteiger partial charge < -0.3 is 14.8 Å². The lowest BCUT2D eigenvalue weighted by molar-refractivity contribution is -0.117.